The van der Waals surface area contributed by atoms with Crippen LogP contribution in [0, 0.1) is 13.8 Å². The Kier molecular flexibility index (Phi) is 4.69. The third kappa shape index (κ3) is 3.07. The van der Waals surface area contributed by atoms with Crippen LogP contribution in [0.3, 0.4) is 0 Å². The molecule has 1 aromatic carbocycles. The SMILES string of the molecule is Cc1cccc(C(C)(C)CC(=O)[O-])c1C.[NH4+]. The number of carboxylic acids is 1. The number of carboxylic acid groups (broad SMARTS) is 1. The highest BCUT2D eigenvalue weighted by atomic mass is 16.4. The molecular weight excluding hydrogens is 202 g/mol. The van der Waals surface area contributed by atoms with Crippen molar-refractivity contribution in [1.29, 1.82) is 0 Å². The Morgan fingerprint density at radius 3 is 2.38 bits per heavy atom. The lowest BCUT2D eigenvalue weighted by Gasteiger charge is -2.28. The highest BCUT2D eigenvalue weighted by molar-refractivity contribution is 5.66. The Bertz CT molecular complexity index is 384. The molecule has 0 fully saturated rings. The number of aliphatic carboxylic acids is 1. The van der Waals surface area contributed by atoms with Crippen molar-refractivity contribution in [2.75, 3.05) is 0 Å². The molecule has 0 radical (unpaired) electrons. The summed E-state index contributed by atoms with van der Waals surface area (Å²) in [6, 6.07) is 5.99. The van der Waals surface area contributed by atoms with Crippen LogP contribution in [0.5, 0.6) is 0 Å². The van der Waals surface area contributed by atoms with Crippen LogP contribution in [0.15, 0.2) is 18.2 Å². The first-order valence-corrected chi connectivity index (χ1v) is 5.11. The van der Waals surface area contributed by atoms with Gasteiger partial charge in [0.1, 0.15) is 0 Å². The minimum absolute atomic E-state index is 0. The lowest BCUT2D eigenvalue weighted by molar-refractivity contribution is -0.306. The molecule has 4 N–H and O–H groups in total. The molecule has 0 saturated heterocycles. The highest BCUT2D eigenvalue weighted by Gasteiger charge is 2.22. The summed E-state index contributed by atoms with van der Waals surface area (Å²) in [7, 11) is 0. The lowest BCUT2D eigenvalue weighted by Crippen LogP contribution is -2.32. The van der Waals surface area contributed by atoms with E-state index in [0.717, 1.165) is 5.56 Å². The summed E-state index contributed by atoms with van der Waals surface area (Å²) in [5.74, 6) is -0.999. The fraction of sp³-hybridized carbons (Fsp3) is 0.462. The third-order valence-electron chi connectivity index (χ3n) is 2.92. The van der Waals surface area contributed by atoms with Crippen LogP contribution in [-0.2, 0) is 10.2 Å². The summed E-state index contributed by atoms with van der Waals surface area (Å²) in [6.45, 7) is 7.94. The molecule has 1 aromatic rings. The fourth-order valence-corrected chi connectivity index (χ4v) is 1.94. The molecule has 1 rings (SSSR count). The Labute approximate surface area is 97.1 Å². The number of quaternary nitrogens is 1. The summed E-state index contributed by atoms with van der Waals surface area (Å²) in [6.07, 6.45) is 0.0529. The van der Waals surface area contributed by atoms with Crippen molar-refractivity contribution in [2.45, 2.75) is 39.5 Å². The molecule has 0 aliphatic rings. The first-order chi connectivity index (χ1) is 6.84. The largest absolute Gasteiger partial charge is 0.550 e. The molecule has 0 atom stereocenters. The fourth-order valence-electron chi connectivity index (χ4n) is 1.94. The number of benzene rings is 1. The van der Waals surface area contributed by atoms with Crippen LogP contribution in [0.4, 0.5) is 0 Å². The van der Waals surface area contributed by atoms with Gasteiger partial charge in [-0.1, -0.05) is 32.0 Å². The summed E-state index contributed by atoms with van der Waals surface area (Å²) in [5, 5.41) is 10.7. The summed E-state index contributed by atoms with van der Waals surface area (Å²) in [4.78, 5) is 10.7. The number of rotatable bonds is 3. The second-order valence-corrected chi connectivity index (χ2v) is 4.68. The van der Waals surface area contributed by atoms with Gasteiger partial charge in [0.2, 0.25) is 0 Å². The van der Waals surface area contributed by atoms with E-state index in [1.165, 1.54) is 11.1 Å². The number of hydrogen-bond donors (Lipinski definition) is 1. The van der Waals surface area contributed by atoms with Crippen LogP contribution in [0.25, 0.3) is 0 Å². The maximum atomic E-state index is 10.7. The topological polar surface area (TPSA) is 76.6 Å². The van der Waals surface area contributed by atoms with E-state index in [0.29, 0.717) is 0 Å². The van der Waals surface area contributed by atoms with Crippen molar-refractivity contribution in [3.63, 3.8) is 0 Å². The molecule has 0 unspecified atom stereocenters. The maximum absolute atomic E-state index is 10.7. The smallest absolute Gasteiger partial charge is 0.0422 e. The van der Waals surface area contributed by atoms with Gasteiger partial charge in [0, 0.05) is 5.97 Å². The minimum atomic E-state index is -0.999. The monoisotopic (exact) mass is 223 g/mol. The maximum Gasteiger partial charge on any atom is 0.0422 e. The normalized spacial score (nSPS) is 10.8. The zero-order valence-electron chi connectivity index (χ0n) is 10.8. The van der Waals surface area contributed by atoms with Crippen LogP contribution in [-0.4, -0.2) is 5.97 Å². The molecule has 90 valence electrons. The molecule has 16 heavy (non-hydrogen) atoms. The van der Waals surface area contributed by atoms with Crippen molar-refractivity contribution in [3.8, 4) is 0 Å². The van der Waals surface area contributed by atoms with Crippen molar-refractivity contribution in [2.24, 2.45) is 0 Å². The molecule has 0 amide bonds. The van der Waals surface area contributed by atoms with E-state index in [1.807, 2.05) is 45.9 Å². The van der Waals surface area contributed by atoms with Crippen LogP contribution in [0.1, 0.15) is 37.0 Å². The van der Waals surface area contributed by atoms with E-state index in [2.05, 4.69) is 0 Å². The number of carbonyl (C=O) groups is 1. The molecule has 0 saturated carbocycles. The van der Waals surface area contributed by atoms with Crippen LogP contribution < -0.4 is 11.3 Å². The average Bonchev–Trinajstić information content (AvgIpc) is 2.07. The van der Waals surface area contributed by atoms with Gasteiger partial charge in [-0.3, -0.25) is 0 Å². The Morgan fingerprint density at radius 2 is 1.88 bits per heavy atom. The lowest BCUT2D eigenvalue weighted by atomic mass is 9.78. The highest BCUT2D eigenvalue weighted by Crippen LogP contribution is 2.30. The van der Waals surface area contributed by atoms with Crippen molar-refractivity contribution in [1.82, 2.24) is 6.15 Å². The van der Waals surface area contributed by atoms with E-state index in [-0.39, 0.29) is 18.0 Å². The van der Waals surface area contributed by atoms with Gasteiger partial charge in [0.05, 0.1) is 0 Å². The zero-order valence-corrected chi connectivity index (χ0v) is 10.8. The van der Waals surface area contributed by atoms with Gasteiger partial charge in [0.25, 0.3) is 0 Å². The second-order valence-electron chi connectivity index (χ2n) is 4.68. The van der Waals surface area contributed by atoms with Crippen LogP contribution in [0.2, 0.25) is 0 Å². The van der Waals surface area contributed by atoms with Gasteiger partial charge >= 0.3 is 0 Å². The van der Waals surface area contributed by atoms with Gasteiger partial charge in [-0.2, -0.15) is 0 Å². The average molecular weight is 223 g/mol. The minimum Gasteiger partial charge on any atom is -0.550 e. The van der Waals surface area contributed by atoms with Gasteiger partial charge < -0.3 is 16.1 Å². The molecule has 0 aliphatic carbocycles. The molecule has 0 bridgehead atoms. The van der Waals surface area contributed by atoms with E-state index in [9.17, 15) is 9.90 Å². The Hall–Kier alpha value is -1.35. The Balaban J connectivity index is 0.00000225. The second kappa shape index (κ2) is 5.12. The molecule has 0 aromatic heterocycles. The first-order valence-electron chi connectivity index (χ1n) is 5.11. The molecule has 0 heterocycles. The molecule has 3 nitrogen and oxygen atoms in total. The molecular formula is C13H21NO2. The molecule has 0 spiro atoms. The summed E-state index contributed by atoms with van der Waals surface area (Å²) < 4.78 is 0. The quantitative estimate of drug-likeness (QED) is 0.851. The van der Waals surface area contributed by atoms with E-state index in [4.69, 9.17) is 0 Å². The van der Waals surface area contributed by atoms with Gasteiger partial charge in [-0.15, -0.1) is 0 Å². The first kappa shape index (κ1) is 14.6. The van der Waals surface area contributed by atoms with Gasteiger partial charge in [0.15, 0.2) is 0 Å². The number of carbonyl (C=O) groups excluding carboxylic acids is 1. The van der Waals surface area contributed by atoms with E-state index < -0.39 is 5.97 Å². The van der Waals surface area contributed by atoms with Crippen molar-refractivity contribution >= 4 is 5.97 Å². The van der Waals surface area contributed by atoms with E-state index >= 15 is 0 Å². The Morgan fingerprint density at radius 1 is 1.31 bits per heavy atom. The summed E-state index contributed by atoms with van der Waals surface area (Å²) >= 11 is 0. The van der Waals surface area contributed by atoms with E-state index in [1.54, 1.807) is 0 Å². The predicted molar refractivity (Wildman–Crippen MR) is 64.6 cm³/mol. The number of aryl methyl sites for hydroxylation is 1. The third-order valence-corrected chi connectivity index (χ3v) is 2.92. The van der Waals surface area contributed by atoms with Crippen LogP contribution >= 0.6 is 0 Å². The van der Waals surface area contributed by atoms with Gasteiger partial charge in [-0.05, 0) is 42.4 Å². The van der Waals surface area contributed by atoms with Gasteiger partial charge in [-0.25, -0.2) is 0 Å². The molecule has 0 aliphatic heterocycles. The molecule has 3 heteroatoms. The standard InChI is InChI=1S/C13H18O2.H3N/c1-9-6-5-7-11(10(9)2)13(3,4)8-12(14)15;/h5-7H,8H2,1-4H3,(H,14,15);1H3. The van der Waals surface area contributed by atoms with Crippen molar-refractivity contribution < 1.29 is 9.90 Å². The number of hydrogen-bond acceptors (Lipinski definition) is 2. The van der Waals surface area contributed by atoms with Crippen molar-refractivity contribution in [3.05, 3.63) is 34.9 Å². The predicted octanol–water partition coefficient (Wildman–Crippen LogP) is 2.10. The zero-order chi connectivity index (χ0) is 11.6. The summed E-state index contributed by atoms with van der Waals surface area (Å²) in [5.41, 5.74) is 3.09.